The van der Waals surface area contributed by atoms with Gasteiger partial charge in [0.1, 0.15) is 0 Å². The predicted molar refractivity (Wildman–Crippen MR) is 120 cm³/mol. The molecule has 3 heteroatoms. The zero-order chi connectivity index (χ0) is 19.5. The molecule has 0 spiro atoms. The van der Waals surface area contributed by atoms with Gasteiger partial charge in [0.05, 0.1) is 22.9 Å². The monoisotopic (exact) mass is 373 g/mol. The molecule has 3 nitrogen and oxygen atoms in total. The van der Waals surface area contributed by atoms with Crippen molar-refractivity contribution in [2.45, 2.75) is 0 Å². The highest BCUT2D eigenvalue weighted by molar-refractivity contribution is 5.79. The molecule has 0 saturated heterocycles. The minimum atomic E-state index is 0.876. The average molecular weight is 373 g/mol. The van der Waals surface area contributed by atoms with Crippen LogP contribution in [0.25, 0.3) is 22.3 Å². The number of hydrogen-bond donors (Lipinski definition) is 0. The normalized spacial score (nSPS) is 10.8. The molecule has 0 N–H and O–H groups in total. The van der Waals surface area contributed by atoms with Gasteiger partial charge in [-0.25, -0.2) is 4.98 Å². The number of rotatable bonds is 4. The van der Waals surface area contributed by atoms with Crippen molar-refractivity contribution < 1.29 is 0 Å². The lowest BCUT2D eigenvalue weighted by molar-refractivity contribution is 1.27. The van der Waals surface area contributed by atoms with E-state index in [1.807, 2.05) is 42.6 Å². The number of para-hydroxylation sites is 4. The summed E-state index contributed by atoms with van der Waals surface area (Å²) in [5, 5.41) is 0. The Balaban J connectivity index is 1.54. The fraction of sp³-hybridized carbons (Fsp3) is 0. The molecule has 0 amide bonds. The SMILES string of the molecule is c1ccc(N(c2ccccc2)c2ccc(-c3cnc4ccccc4n3)cc2)cc1. The smallest absolute Gasteiger partial charge is 0.0894 e. The van der Waals surface area contributed by atoms with Crippen molar-refractivity contribution in [2.24, 2.45) is 0 Å². The highest BCUT2D eigenvalue weighted by Gasteiger charge is 2.12. The molecule has 0 aliphatic rings. The molecular weight excluding hydrogens is 354 g/mol. The van der Waals surface area contributed by atoms with Gasteiger partial charge in [0.25, 0.3) is 0 Å². The topological polar surface area (TPSA) is 29.0 Å². The Kier molecular flexibility index (Phi) is 4.47. The molecule has 1 heterocycles. The fourth-order valence-electron chi connectivity index (χ4n) is 3.48. The summed E-state index contributed by atoms with van der Waals surface area (Å²) in [5.74, 6) is 0. The molecule has 0 aliphatic carbocycles. The van der Waals surface area contributed by atoms with Gasteiger partial charge in [-0.05, 0) is 48.5 Å². The molecule has 0 bridgehead atoms. The first-order valence-electron chi connectivity index (χ1n) is 9.61. The van der Waals surface area contributed by atoms with E-state index in [2.05, 4.69) is 82.7 Å². The third-order valence-electron chi connectivity index (χ3n) is 4.90. The molecule has 0 radical (unpaired) electrons. The number of anilines is 3. The number of nitrogens with zero attached hydrogens (tertiary/aromatic N) is 3. The quantitative estimate of drug-likeness (QED) is 0.348. The average Bonchev–Trinajstić information content (AvgIpc) is 2.81. The maximum atomic E-state index is 4.76. The second-order valence-electron chi connectivity index (χ2n) is 6.80. The first-order valence-corrected chi connectivity index (χ1v) is 9.61. The van der Waals surface area contributed by atoms with Crippen molar-refractivity contribution in [3.63, 3.8) is 0 Å². The van der Waals surface area contributed by atoms with Crippen LogP contribution < -0.4 is 4.90 Å². The first kappa shape index (κ1) is 17.1. The molecule has 5 rings (SSSR count). The van der Waals surface area contributed by atoms with Crippen molar-refractivity contribution >= 4 is 28.1 Å². The van der Waals surface area contributed by atoms with E-state index in [1.165, 1.54) is 0 Å². The second-order valence-corrected chi connectivity index (χ2v) is 6.80. The maximum absolute atomic E-state index is 4.76. The van der Waals surface area contributed by atoms with Crippen LogP contribution in [0.5, 0.6) is 0 Å². The number of benzene rings is 4. The highest BCUT2D eigenvalue weighted by Crippen LogP contribution is 2.35. The fourth-order valence-corrected chi connectivity index (χ4v) is 3.48. The van der Waals surface area contributed by atoms with Crippen LogP contribution in [0.2, 0.25) is 0 Å². The zero-order valence-electron chi connectivity index (χ0n) is 15.8. The molecule has 0 saturated carbocycles. The van der Waals surface area contributed by atoms with Crippen LogP contribution in [0.4, 0.5) is 17.1 Å². The van der Waals surface area contributed by atoms with Gasteiger partial charge in [-0.3, -0.25) is 4.98 Å². The summed E-state index contributed by atoms with van der Waals surface area (Å²) in [4.78, 5) is 11.5. The number of hydrogen-bond acceptors (Lipinski definition) is 3. The Morgan fingerprint density at radius 1 is 0.483 bits per heavy atom. The Labute approximate surface area is 169 Å². The van der Waals surface area contributed by atoms with Gasteiger partial charge in [0.2, 0.25) is 0 Å². The lowest BCUT2D eigenvalue weighted by Crippen LogP contribution is -2.09. The molecule has 138 valence electrons. The molecule has 0 atom stereocenters. The summed E-state index contributed by atoms with van der Waals surface area (Å²) in [6.07, 6.45) is 1.84. The van der Waals surface area contributed by atoms with Crippen LogP contribution in [0.15, 0.2) is 115 Å². The lowest BCUT2D eigenvalue weighted by Gasteiger charge is -2.25. The minimum absolute atomic E-state index is 0.876. The third kappa shape index (κ3) is 3.46. The Morgan fingerprint density at radius 2 is 1.00 bits per heavy atom. The van der Waals surface area contributed by atoms with Gasteiger partial charge in [-0.2, -0.15) is 0 Å². The summed E-state index contributed by atoms with van der Waals surface area (Å²) in [6.45, 7) is 0. The van der Waals surface area contributed by atoms with Crippen LogP contribution >= 0.6 is 0 Å². The van der Waals surface area contributed by atoms with Crippen molar-refractivity contribution in [2.75, 3.05) is 4.90 Å². The van der Waals surface area contributed by atoms with E-state index in [4.69, 9.17) is 4.98 Å². The number of aromatic nitrogens is 2. The van der Waals surface area contributed by atoms with Gasteiger partial charge in [-0.1, -0.05) is 60.7 Å². The van der Waals surface area contributed by atoms with E-state index in [-0.39, 0.29) is 0 Å². The van der Waals surface area contributed by atoms with E-state index < -0.39 is 0 Å². The minimum Gasteiger partial charge on any atom is -0.311 e. The summed E-state index contributed by atoms with van der Waals surface area (Å²) in [6, 6.07) is 37.2. The largest absolute Gasteiger partial charge is 0.311 e. The summed E-state index contributed by atoms with van der Waals surface area (Å²) in [7, 11) is 0. The Morgan fingerprint density at radius 3 is 1.62 bits per heavy atom. The van der Waals surface area contributed by atoms with E-state index in [9.17, 15) is 0 Å². The van der Waals surface area contributed by atoms with Crippen LogP contribution in [0.3, 0.4) is 0 Å². The molecule has 0 fully saturated rings. The maximum Gasteiger partial charge on any atom is 0.0894 e. The van der Waals surface area contributed by atoms with E-state index >= 15 is 0 Å². The predicted octanol–water partition coefficient (Wildman–Crippen LogP) is 6.77. The third-order valence-corrected chi connectivity index (χ3v) is 4.90. The van der Waals surface area contributed by atoms with Gasteiger partial charge >= 0.3 is 0 Å². The molecule has 1 aromatic heterocycles. The molecule has 29 heavy (non-hydrogen) atoms. The summed E-state index contributed by atoms with van der Waals surface area (Å²) >= 11 is 0. The molecular formula is C26H19N3. The highest BCUT2D eigenvalue weighted by atomic mass is 15.1. The summed E-state index contributed by atoms with van der Waals surface area (Å²) in [5.41, 5.74) is 7.08. The molecule has 4 aromatic carbocycles. The van der Waals surface area contributed by atoms with Crippen LogP contribution in [0.1, 0.15) is 0 Å². The lowest BCUT2D eigenvalue weighted by atomic mass is 10.1. The Bertz CT molecular complexity index is 1190. The van der Waals surface area contributed by atoms with Gasteiger partial charge in [-0.15, -0.1) is 0 Å². The van der Waals surface area contributed by atoms with E-state index in [0.717, 1.165) is 39.4 Å². The van der Waals surface area contributed by atoms with Gasteiger partial charge in [0, 0.05) is 22.6 Å². The Hall–Kier alpha value is -3.98. The molecule has 0 unspecified atom stereocenters. The molecule has 0 aliphatic heterocycles. The van der Waals surface area contributed by atoms with E-state index in [0.29, 0.717) is 0 Å². The van der Waals surface area contributed by atoms with Crippen molar-refractivity contribution in [3.05, 3.63) is 115 Å². The van der Waals surface area contributed by atoms with Crippen molar-refractivity contribution in [1.29, 1.82) is 0 Å². The van der Waals surface area contributed by atoms with Crippen LogP contribution in [-0.4, -0.2) is 9.97 Å². The van der Waals surface area contributed by atoms with Crippen molar-refractivity contribution in [3.8, 4) is 11.3 Å². The van der Waals surface area contributed by atoms with Gasteiger partial charge < -0.3 is 4.90 Å². The number of fused-ring (bicyclic) bond motifs is 1. The van der Waals surface area contributed by atoms with Crippen LogP contribution in [0, 0.1) is 0 Å². The van der Waals surface area contributed by atoms with Crippen LogP contribution in [-0.2, 0) is 0 Å². The van der Waals surface area contributed by atoms with Gasteiger partial charge in [0.15, 0.2) is 0 Å². The van der Waals surface area contributed by atoms with Crippen molar-refractivity contribution in [1.82, 2.24) is 9.97 Å². The summed E-state index contributed by atoms with van der Waals surface area (Å²) < 4.78 is 0. The first-order chi connectivity index (χ1) is 14.4. The molecule has 5 aromatic rings. The zero-order valence-corrected chi connectivity index (χ0v) is 15.8. The second kappa shape index (κ2) is 7.56. The standard InChI is InChI=1S/C26H19N3/c1-3-9-21(10-4-1)29(22-11-5-2-6-12-22)23-17-15-20(16-18-23)26-19-27-24-13-7-8-14-25(24)28-26/h1-19H. The van der Waals surface area contributed by atoms with E-state index in [1.54, 1.807) is 0 Å².